The van der Waals surface area contributed by atoms with E-state index in [1.807, 2.05) is 11.8 Å². The largest absolute Gasteiger partial charge is 0.296 e. The molecule has 1 nitrogen and oxygen atoms in total. The van der Waals surface area contributed by atoms with Gasteiger partial charge in [0.25, 0.3) is 0 Å². The fourth-order valence-corrected chi connectivity index (χ4v) is 5.45. The topological polar surface area (TPSA) is 12.0 Å². The molecule has 1 aliphatic heterocycles. The number of thioether (sulfide) groups is 1. The van der Waals surface area contributed by atoms with E-state index in [1.165, 1.54) is 32.7 Å². The van der Waals surface area contributed by atoms with Gasteiger partial charge in [0.1, 0.15) is 0 Å². The van der Waals surface area contributed by atoms with Crippen LogP contribution < -0.4 is 5.32 Å². The molecule has 1 atom stereocenters. The van der Waals surface area contributed by atoms with E-state index in [0.29, 0.717) is 0 Å². The monoisotopic (exact) mass is 393 g/mol. The number of rotatable bonds is 4. The highest BCUT2D eigenvalue weighted by Gasteiger charge is 2.40. The van der Waals surface area contributed by atoms with Gasteiger partial charge in [0, 0.05) is 17.2 Å². The van der Waals surface area contributed by atoms with E-state index in [4.69, 9.17) is 0 Å². The van der Waals surface area contributed by atoms with Gasteiger partial charge in [-0.25, -0.2) is 0 Å². The summed E-state index contributed by atoms with van der Waals surface area (Å²) in [5.74, 6) is 0.981. The standard InChI is InChI=1S/C27H23NS/c1-3-11-21(12-4-1)19-28-27(23-14-5-2-6-15-23)24-16-8-7-13-22(24)20-29-26-18-10-9-17-25(26)27/h1-18,28H,19-20H2. The Morgan fingerprint density at radius 1 is 0.655 bits per heavy atom. The summed E-state index contributed by atoms with van der Waals surface area (Å²) in [7, 11) is 0. The van der Waals surface area contributed by atoms with Crippen LogP contribution in [-0.2, 0) is 17.8 Å². The smallest absolute Gasteiger partial charge is 0.0964 e. The molecule has 0 saturated carbocycles. The Morgan fingerprint density at radius 2 is 1.28 bits per heavy atom. The zero-order valence-corrected chi connectivity index (χ0v) is 17.0. The van der Waals surface area contributed by atoms with E-state index in [0.717, 1.165) is 12.3 Å². The van der Waals surface area contributed by atoms with Gasteiger partial charge in [-0.2, -0.15) is 0 Å². The van der Waals surface area contributed by atoms with E-state index in [-0.39, 0.29) is 0 Å². The molecule has 0 radical (unpaired) electrons. The Bertz CT molecular complexity index is 1060. The van der Waals surface area contributed by atoms with Gasteiger partial charge in [-0.1, -0.05) is 103 Å². The predicted molar refractivity (Wildman–Crippen MR) is 122 cm³/mol. The molecule has 0 fully saturated rings. The highest BCUT2D eigenvalue weighted by molar-refractivity contribution is 7.98. The van der Waals surface area contributed by atoms with Crippen molar-refractivity contribution in [1.82, 2.24) is 5.32 Å². The molecule has 1 N–H and O–H groups in total. The van der Waals surface area contributed by atoms with Gasteiger partial charge < -0.3 is 0 Å². The quantitative estimate of drug-likeness (QED) is 0.432. The van der Waals surface area contributed by atoms with Crippen molar-refractivity contribution < 1.29 is 0 Å². The molecule has 0 bridgehead atoms. The minimum absolute atomic E-state index is 0.395. The van der Waals surface area contributed by atoms with Crippen molar-refractivity contribution >= 4 is 11.8 Å². The fraction of sp³-hybridized carbons (Fsp3) is 0.111. The molecule has 0 aliphatic carbocycles. The fourth-order valence-electron chi connectivity index (χ4n) is 4.34. The van der Waals surface area contributed by atoms with E-state index in [9.17, 15) is 0 Å². The van der Waals surface area contributed by atoms with Crippen molar-refractivity contribution in [2.45, 2.75) is 22.7 Å². The predicted octanol–water partition coefficient (Wildman–Crippen LogP) is 6.37. The Morgan fingerprint density at radius 3 is 2.07 bits per heavy atom. The van der Waals surface area contributed by atoms with Gasteiger partial charge >= 0.3 is 0 Å². The average Bonchev–Trinajstić information content (AvgIpc) is 2.94. The molecule has 0 amide bonds. The van der Waals surface area contributed by atoms with Crippen LogP contribution in [0.25, 0.3) is 0 Å². The van der Waals surface area contributed by atoms with E-state index in [1.54, 1.807) is 0 Å². The molecule has 0 saturated heterocycles. The van der Waals surface area contributed by atoms with Gasteiger partial charge in [-0.05, 0) is 33.9 Å². The Hall–Kier alpha value is -2.81. The second-order valence-corrected chi connectivity index (χ2v) is 8.41. The van der Waals surface area contributed by atoms with E-state index >= 15 is 0 Å². The highest BCUT2D eigenvalue weighted by atomic mass is 32.2. The van der Waals surface area contributed by atoms with Crippen LogP contribution in [0.1, 0.15) is 27.8 Å². The maximum Gasteiger partial charge on any atom is 0.0964 e. The second-order valence-electron chi connectivity index (χ2n) is 7.40. The lowest BCUT2D eigenvalue weighted by atomic mass is 9.75. The highest BCUT2D eigenvalue weighted by Crippen LogP contribution is 2.46. The van der Waals surface area contributed by atoms with Crippen molar-refractivity contribution in [3.05, 3.63) is 137 Å². The average molecular weight is 394 g/mol. The number of nitrogens with one attached hydrogen (secondary N) is 1. The van der Waals surface area contributed by atoms with Gasteiger partial charge in [0.2, 0.25) is 0 Å². The lowest BCUT2D eigenvalue weighted by Crippen LogP contribution is -2.44. The van der Waals surface area contributed by atoms with Gasteiger partial charge in [-0.15, -0.1) is 11.8 Å². The van der Waals surface area contributed by atoms with Crippen LogP contribution in [0, 0.1) is 0 Å². The molecule has 0 spiro atoms. The zero-order valence-electron chi connectivity index (χ0n) is 16.2. The van der Waals surface area contributed by atoms with Crippen molar-refractivity contribution in [3.63, 3.8) is 0 Å². The normalized spacial score (nSPS) is 17.8. The van der Waals surface area contributed by atoms with Crippen LogP contribution in [0.5, 0.6) is 0 Å². The summed E-state index contributed by atoms with van der Waals surface area (Å²) in [5.41, 5.74) is 6.23. The Kier molecular flexibility index (Phi) is 4.97. The minimum atomic E-state index is -0.395. The van der Waals surface area contributed by atoms with Crippen LogP contribution in [0.3, 0.4) is 0 Å². The first-order valence-corrected chi connectivity index (χ1v) is 11.0. The summed E-state index contributed by atoms with van der Waals surface area (Å²) in [6.07, 6.45) is 0. The maximum absolute atomic E-state index is 4.01. The number of fused-ring (bicyclic) bond motifs is 2. The van der Waals surface area contributed by atoms with E-state index in [2.05, 4.69) is 115 Å². The SMILES string of the molecule is c1ccc(CNC2(c3ccccc3)c3ccccc3CSc3ccccc32)cc1. The summed E-state index contributed by atoms with van der Waals surface area (Å²) in [6.45, 7) is 0.795. The lowest BCUT2D eigenvalue weighted by Gasteiger charge is -2.38. The molecule has 1 aliphatic rings. The molecule has 29 heavy (non-hydrogen) atoms. The number of benzene rings is 4. The van der Waals surface area contributed by atoms with Gasteiger partial charge in [-0.3, -0.25) is 5.32 Å². The third-order valence-electron chi connectivity index (χ3n) is 5.70. The first kappa shape index (κ1) is 18.2. The van der Waals surface area contributed by atoms with Crippen LogP contribution >= 0.6 is 11.8 Å². The molecule has 0 aromatic heterocycles. The van der Waals surface area contributed by atoms with E-state index < -0.39 is 5.54 Å². The lowest BCUT2D eigenvalue weighted by molar-refractivity contribution is 0.463. The number of hydrogen-bond acceptors (Lipinski definition) is 2. The summed E-state index contributed by atoms with van der Waals surface area (Å²) in [6, 6.07) is 39.3. The molecule has 2 heteroatoms. The molecule has 1 heterocycles. The zero-order chi connectivity index (χ0) is 19.5. The molecule has 4 aromatic rings. The Balaban J connectivity index is 1.77. The summed E-state index contributed by atoms with van der Waals surface area (Å²) in [4.78, 5) is 1.34. The van der Waals surface area contributed by atoms with Gasteiger partial charge in [0.15, 0.2) is 0 Å². The van der Waals surface area contributed by atoms with Crippen LogP contribution in [-0.4, -0.2) is 0 Å². The molecule has 4 aromatic carbocycles. The van der Waals surface area contributed by atoms with Crippen molar-refractivity contribution in [3.8, 4) is 0 Å². The first-order chi connectivity index (χ1) is 14.4. The molecule has 1 unspecified atom stereocenters. The van der Waals surface area contributed by atoms with Crippen molar-refractivity contribution in [2.75, 3.05) is 0 Å². The third-order valence-corrected chi connectivity index (χ3v) is 6.83. The molecular weight excluding hydrogens is 370 g/mol. The second kappa shape index (κ2) is 7.90. The van der Waals surface area contributed by atoms with Crippen LogP contribution in [0.4, 0.5) is 0 Å². The summed E-state index contributed by atoms with van der Waals surface area (Å²) in [5, 5.41) is 4.01. The van der Waals surface area contributed by atoms with Gasteiger partial charge in [0.05, 0.1) is 5.54 Å². The Labute approximate surface area is 176 Å². The minimum Gasteiger partial charge on any atom is -0.296 e. The summed E-state index contributed by atoms with van der Waals surface area (Å²) < 4.78 is 0. The third kappa shape index (κ3) is 3.29. The van der Waals surface area contributed by atoms with Crippen LogP contribution in [0.2, 0.25) is 0 Å². The first-order valence-electron chi connectivity index (χ1n) is 10.0. The molecular formula is C27H23NS. The summed E-state index contributed by atoms with van der Waals surface area (Å²) >= 11 is 1.93. The van der Waals surface area contributed by atoms with Crippen molar-refractivity contribution in [1.29, 1.82) is 0 Å². The maximum atomic E-state index is 4.01. The molecule has 142 valence electrons. The van der Waals surface area contributed by atoms with Crippen molar-refractivity contribution in [2.24, 2.45) is 0 Å². The number of hydrogen-bond donors (Lipinski definition) is 1. The van der Waals surface area contributed by atoms with Crippen LogP contribution in [0.15, 0.2) is 114 Å². The molecule has 5 rings (SSSR count).